The van der Waals surface area contributed by atoms with Crippen molar-refractivity contribution in [3.8, 4) is 45.0 Å². The predicted molar refractivity (Wildman–Crippen MR) is 122 cm³/mol. The summed E-state index contributed by atoms with van der Waals surface area (Å²) in [5.74, 6) is 0.730. The summed E-state index contributed by atoms with van der Waals surface area (Å²) in [6.07, 6.45) is 3.52. The Kier molecular flexibility index (Phi) is 4.84. The SMILES string of the molecule is c1ccc(-c2cc(-c3ccc(-c4ncccn4)cc3)cc(-c3ccccc3)n2)cc1. The van der Waals surface area contributed by atoms with Crippen molar-refractivity contribution in [1.82, 2.24) is 15.0 Å². The van der Waals surface area contributed by atoms with Crippen molar-refractivity contribution in [3.63, 3.8) is 0 Å². The third-order valence-corrected chi connectivity index (χ3v) is 5.01. The zero-order valence-electron chi connectivity index (χ0n) is 16.3. The largest absolute Gasteiger partial charge is 0.248 e. The quantitative estimate of drug-likeness (QED) is 0.352. The van der Waals surface area contributed by atoms with Gasteiger partial charge in [0, 0.05) is 29.1 Å². The van der Waals surface area contributed by atoms with Crippen LogP contribution in [0, 0.1) is 0 Å². The third-order valence-electron chi connectivity index (χ3n) is 5.01. The number of pyridine rings is 1. The van der Waals surface area contributed by atoms with E-state index in [9.17, 15) is 0 Å². The Morgan fingerprint density at radius 3 is 1.43 bits per heavy atom. The Labute approximate surface area is 175 Å². The van der Waals surface area contributed by atoms with Gasteiger partial charge in [-0.15, -0.1) is 0 Å². The molecule has 2 aromatic heterocycles. The van der Waals surface area contributed by atoms with Crippen LogP contribution in [0.4, 0.5) is 0 Å². The van der Waals surface area contributed by atoms with E-state index in [0.29, 0.717) is 0 Å². The van der Waals surface area contributed by atoms with Crippen LogP contribution in [0.3, 0.4) is 0 Å². The maximum absolute atomic E-state index is 4.94. The first kappa shape index (κ1) is 18.0. The van der Waals surface area contributed by atoms with E-state index in [2.05, 4.69) is 70.6 Å². The van der Waals surface area contributed by atoms with E-state index in [1.54, 1.807) is 12.4 Å². The molecule has 0 radical (unpaired) electrons. The van der Waals surface area contributed by atoms with Crippen molar-refractivity contribution in [1.29, 1.82) is 0 Å². The number of hydrogen-bond donors (Lipinski definition) is 0. The second-order valence-corrected chi connectivity index (χ2v) is 7.01. The van der Waals surface area contributed by atoms with Crippen molar-refractivity contribution in [3.05, 3.63) is 116 Å². The first-order valence-corrected chi connectivity index (χ1v) is 9.87. The number of rotatable bonds is 4. The summed E-state index contributed by atoms with van der Waals surface area (Å²) in [6.45, 7) is 0. The van der Waals surface area contributed by atoms with E-state index in [4.69, 9.17) is 4.98 Å². The number of benzene rings is 3. The lowest BCUT2D eigenvalue weighted by atomic mass is 9.99. The van der Waals surface area contributed by atoms with Gasteiger partial charge in [0.15, 0.2) is 5.82 Å². The van der Waals surface area contributed by atoms with Crippen molar-refractivity contribution >= 4 is 0 Å². The molecular weight excluding hydrogens is 366 g/mol. The van der Waals surface area contributed by atoms with Crippen LogP contribution < -0.4 is 0 Å². The summed E-state index contributed by atoms with van der Waals surface area (Å²) < 4.78 is 0. The first-order valence-electron chi connectivity index (χ1n) is 9.87. The van der Waals surface area contributed by atoms with Gasteiger partial charge >= 0.3 is 0 Å². The lowest BCUT2D eigenvalue weighted by Crippen LogP contribution is -1.91. The van der Waals surface area contributed by atoms with E-state index in [-0.39, 0.29) is 0 Å². The van der Waals surface area contributed by atoms with Crippen LogP contribution in [0.1, 0.15) is 0 Å². The third kappa shape index (κ3) is 3.74. The van der Waals surface area contributed by atoms with Gasteiger partial charge in [0.25, 0.3) is 0 Å². The average molecular weight is 385 g/mol. The van der Waals surface area contributed by atoms with Crippen LogP contribution >= 0.6 is 0 Å². The lowest BCUT2D eigenvalue weighted by Gasteiger charge is -2.11. The van der Waals surface area contributed by atoms with Gasteiger partial charge in [-0.3, -0.25) is 0 Å². The van der Waals surface area contributed by atoms with Crippen molar-refractivity contribution in [2.45, 2.75) is 0 Å². The highest BCUT2D eigenvalue weighted by Gasteiger charge is 2.09. The number of nitrogens with zero attached hydrogens (tertiary/aromatic N) is 3. The maximum atomic E-state index is 4.94. The Hall–Kier alpha value is -4.11. The van der Waals surface area contributed by atoms with Crippen LogP contribution in [0.2, 0.25) is 0 Å². The summed E-state index contributed by atoms with van der Waals surface area (Å²) in [6, 6.07) is 35.1. The normalized spacial score (nSPS) is 10.7. The molecule has 3 nitrogen and oxygen atoms in total. The molecule has 0 spiro atoms. The van der Waals surface area contributed by atoms with Crippen molar-refractivity contribution in [2.24, 2.45) is 0 Å². The molecule has 0 fully saturated rings. The second-order valence-electron chi connectivity index (χ2n) is 7.01. The molecule has 0 aliphatic rings. The van der Waals surface area contributed by atoms with Crippen LogP contribution in [0.5, 0.6) is 0 Å². The average Bonchev–Trinajstić information content (AvgIpc) is 2.85. The van der Waals surface area contributed by atoms with Crippen LogP contribution in [-0.4, -0.2) is 15.0 Å². The van der Waals surface area contributed by atoms with Gasteiger partial charge in [-0.05, 0) is 29.3 Å². The Balaban J connectivity index is 1.60. The minimum absolute atomic E-state index is 0.730. The van der Waals surface area contributed by atoms with Gasteiger partial charge in [0.2, 0.25) is 0 Å². The minimum atomic E-state index is 0.730. The molecule has 3 heteroatoms. The molecule has 0 saturated carbocycles. The number of aromatic nitrogens is 3. The van der Waals surface area contributed by atoms with Gasteiger partial charge in [-0.2, -0.15) is 0 Å². The molecule has 0 aliphatic carbocycles. The van der Waals surface area contributed by atoms with E-state index < -0.39 is 0 Å². The Morgan fingerprint density at radius 2 is 0.900 bits per heavy atom. The van der Waals surface area contributed by atoms with Gasteiger partial charge in [0.1, 0.15) is 0 Å². The summed E-state index contributed by atoms with van der Waals surface area (Å²) in [5.41, 5.74) is 7.39. The van der Waals surface area contributed by atoms with Crippen molar-refractivity contribution in [2.75, 3.05) is 0 Å². The lowest BCUT2D eigenvalue weighted by molar-refractivity contribution is 1.18. The first-order chi connectivity index (χ1) is 14.9. The molecule has 0 aliphatic heterocycles. The Bertz CT molecular complexity index is 1190. The molecule has 3 aromatic carbocycles. The molecule has 0 atom stereocenters. The van der Waals surface area contributed by atoms with Gasteiger partial charge in [0.05, 0.1) is 11.4 Å². The molecule has 142 valence electrons. The van der Waals surface area contributed by atoms with E-state index >= 15 is 0 Å². The van der Waals surface area contributed by atoms with Crippen LogP contribution in [0.15, 0.2) is 116 Å². The molecular formula is C27H19N3. The predicted octanol–water partition coefficient (Wildman–Crippen LogP) is 6.54. The summed E-state index contributed by atoms with van der Waals surface area (Å²) in [5, 5.41) is 0. The van der Waals surface area contributed by atoms with Crippen LogP contribution in [-0.2, 0) is 0 Å². The van der Waals surface area contributed by atoms with E-state index in [1.807, 2.05) is 42.5 Å². The van der Waals surface area contributed by atoms with E-state index in [1.165, 1.54) is 0 Å². The summed E-state index contributed by atoms with van der Waals surface area (Å²) >= 11 is 0. The molecule has 5 aromatic rings. The molecule has 2 heterocycles. The molecule has 5 rings (SSSR count). The number of hydrogen-bond acceptors (Lipinski definition) is 3. The zero-order valence-corrected chi connectivity index (χ0v) is 16.3. The highest BCUT2D eigenvalue weighted by atomic mass is 14.8. The molecule has 0 N–H and O–H groups in total. The standard InChI is InChI=1S/C27H19N3/c1-3-8-21(9-4-1)25-18-24(19-26(30-25)22-10-5-2-6-11-22)20-12-14-23(15-13-20)27-28-16-7-17-29-27/h1-19H. The van der Waals surface area contributed by atoms with Gasteiger partial charge in [-0.25, -0.2) is 15.0 Å². The second kappa shape index (κ2) is 8.10. The summed E-state index contributed by atoms with van der Waals surface area (Å²) in [7, 11) is 0. The topological polar surface area (TPSA) is 38.7 Å². The van der Waals surface area contributed by atoms with Gasteiger partial charge < -0.3 is 0 Å². The molecule has 0 amide bonds. The maximum Gasteiger partial charge on any atom is 0.159 e. The fourth-order valence-electron chi connectivity index (χ4n) is 3.47. The molecule has 30 heavy (non-hydrogen) atoms. The van der Waals surface area contributed by atoms with Crippen molar-refractivity contribution < 1.29 is 0 Å². The molecule has 0 saturated heterocycles. The highest BCUT2D eigenvalue weighted by Crippen LogP contribution is 2.31. The fourth-order valence-corrected chi connectivity index (χ4v) is 3.47. The monoisotopic (exact) mass is 385 g/mol. The fraction of sp³-hybridized carbons (Fsp3) is 0. The van der Waals surface area contributed by atoms with Gasteiger partial charge in [-0.1, -0.05) is 84.9 Å². The highest BCUT2D eigenvalue weighted by molar-refractivity contribution is 5.77. The summed E-state index contributed by atoms with van der Waals surface area (Å²) in [4.78, 5) is 13.6. The molecule has 0 unspecified atom stereocenters. The minimum Gasteiger partial charge on any atom is -0.248 e. The van der Waals surface area contributed by atoms with E-state index in [0.717, 1.165) is 45.0 Å². The molecule has 0 bridgehead atoms. The zero-order chi connectivity index (χ0) is 20.2. The van der Waals surface area contributed by atoms with Crippen LogP contribution in [0.25, 0.3) is 45.0 Å². The Morgan fingerprint density at radius 1 is 0.400 bits per heavy atom. The smallest absolute Gasteiger partial charge is 0.159 e.